The number of anilines is 2. The molecule has 0 unspecified atom stereocenters. The number of benzene rings is 2. The molecule has 5 heteroatoms. The second-order valence-electron chi connectivity index (χ2n) is 6.37. The molecule has 1 saturated heterocycles. The third-order valence-electron chi connectivity index (χ3n) is 4.42. The van der Waals surface area contributed by atoms with Gasteiger partial charge in [-0.2, -0.15) is 0 Å². The maximum atomic E-state index is 12.5. The number of carbonyl (C=O) groups is 2. The van der Waals surface area contributed by atoms with Gasteiger partial charge in [-0.1, -0.05) is 38.1 Å². The number of amides is 2. The molecule has 1 fully saturated rings. The van der Waals surface area contributed by atoms with Crippen molar-refractivity contribution in [2.75, 3.05) is 16.0 Å². The minimum atomic E-state index is -0.0324. The minimum Gasteiger partial charge on any atom is -0.326 e. The predicted octanol–water partition coefficient (Wildman–Crippen LogP) is 4.77. The molecule has 0 radical (unpaired) electrons. The standard InChI is InChI=1S/C21H24N2O2S/c1-3-6-19(24)22-17-11-9-16(10-12-17)21-23(20(25)14-26-21)18-8-5-7-15(4-2)13-18/h5,7-13,21H,3-4,6,14H2,1-2H3,(H,22,24)/t21-/m0/s1. The lowest BCUT2D eigenvalue weighted by atomic mass is 10.1. The molecule has 136 valence electrons. The average Bonchev–Trinajstić information content (AvgIpc) is 3.04. The summed E-state index contributed by atoms with van der Waals surface area (Å²) in [4.78, 5) is 26.1. The van der Waals surface area contributed by atoms with Crippen LogP contribution in [0.5, 0.6) is 0 Å². The summed E-state index contributed by atoms with van der Waals surface area (Å²) in [6.45, 7) is 4.10. The van der Waals surface area contributed by atoms with Gasteiger partial charge in [0.05, 0.1) is 5.75 Å². The zero-order valence-electron chi connectivity index (χ0n) is 15.2. The van der Waals surface area contributed by atoms with Crippen molar-refractivity contribution < 1.29 is 9.59 Å². The zero-order chi connectivity index (χ0) is 18.5. The molecule has 1 aliphatic heterocycles. The van der Waals surface area contributed by atoms with Crippen LogP contribution in [0.3, 0.4) is 0 Å². The van der Waals surface area contributed by atoms with Crippen molar-refractivity contribution in [1.29, 1.82) is 0 Å². The van der Waals surface area contributed by atoms with Crippen molar-refractivity contribution in [3.05, 3.63) is 59.7 Å². The van der Waals surface area contributed by atoms with Gasteiger partial charge >= 0.3 is 0 Å². The molecule has 3 rings (SSSR count). The number of thioether (sulfide) groups is 1. The normalized spacial score (nSPS) is 16.8. The van der Waals surface area contributed by atoms with Gasteiger partial charge in [0, 0.05) is 17.8 Å². The number of aryl methyl sites for hydroxylation is 1. The van der Waals surface area contributed by atoms with Gasteiger partial charge in [0.25, 0.3) is 0 Å². The molecule has 2 amide bonds. The molecule has 1 atom stereocenters. The Kier molecular flexibility index (Phi) is 5.99. The molecular weight excluding hydrogens is 344 g/mol. The van der Waals surface area contributed by atoms with E-state index in [9.17, 15) is 9.59 Å². The quantitative estimate of drug-likeness (QED) is 0.799. The number of nitrogens with one attached hydrogen (secondary N) is 1. The van der Waals surface area contributed by atoms with Crippen LogP contribution in [0.2, 0.25) is 0 Å². The summed E-state index contributed by atoms with van der Waals surface area (Å²) in [5.41, 5.74) is 4.03. The van der Waals surface area contributed by atoms with E-state index in [-0.39, 0.29) is 17.2 Å². The molecule has 26 heavy (non-hydrogen) atoms. The van der Waals surface area contributed by atoms with E-state index in [2.05, 4.69) is 24.4 Å². The van der Waals surface area contributed by atoms with Gasteiger partial charge in [-0.3, -0.25) is 14.5 Å². The highest BCUT2D eigenvalue weighted by Gasteiger charge is 2.34. The van der Waals surface area contributed by atoms with Gasteiger partial charge < -0.3 is 5.32 Å². The van der Waals surface area contributed by atoms with E-state index in [0.717, 1.165) is 29.8 Å². The molecule has 0 bridgehead atoms. The van der Waals surface area contributed by atoms with Crippen molar-refractivity contribution in [2.45, 2.75) is 38.5 Å². The van der Waals surface area contributed by atoms with Crippen LogP contribution >= 0.6 is 11.8 Å². The smallest absolute Gasteiger partial charge is 0.238 e. The predicted molar refractivity (Wildman–Crippen MR) is 108 cm³/mol. The molecule has 4 nitrogen and oxygen atoms in total. The topological polar surface area (TPSA) is 49.4 Å². The van der Waals surface area contributed by atoms with Gasteiger partial charge in [-0.05, 0) is 48.2 Å². The summed E-state index contributed by atoms with van der Waals surface area (Å²) in [7, 11) is 0. The maximum Gasteiger partial charge on any atom is 0.238 e. The van der Waals surface area contributed by atoms with E-state index in [0.29, 0.717) is 12.2 Å². The Morgan fingerprint density at radius 3 is 2.65 bits per heavy atom. The highest BCUT2D eigenvalue weighted by molar-refractivity contribution is 8.00. The Bertz CT molecular complexity index is 789. The zero-order valence-corrected chi connectivity index (χ0v) is 16.0. The van der Waals surface area contributed by atoms with Crippen LogP contribution < -0.4 is 10.2 Å². The number of hydrogen-bond acceptors (Lipinski definition) is 3. The summed E-state index contributed by atoms with van der Waals surface area (Å²) in [5.74, 6) is 0.646. The fourth-order valence-corrected chi connectivity index (χ4v) is 4.24. The molecular formula is C21H24N2O2S. The van der Waals surface area contributed by atoms with Crippen LogP contribution in [-0.4, -0.2) is 17.6 Å². The van der Waals surface area contributed by atoms with Gasteiger partial charge in [-0.15, -0.1) is 11.8 Å². The van der Waals surface area contributed by atoms with Crippen molar-refractivity contribution in [3.63, 3.8) is 0 Å². The SMILES string of the molecule is CCCC(=O)Nc1ccc([C@@H]2SCC(=O)N2c2cccc(CC)c2)cc1. The van der Waals surface area contributed by atoms with Crippen molar-refractivity contribution in [3.8, 4) is 0 Å². The monoisotopic (exact) mass is 368 g/mol. The Labute approximate surface area is 159 Å². The number of rotatable bonds is 6. The number of carbonyl (C=O) groups excluding carboxylic acids is 2. The fourth-order valence-electron chi connectivity index (χ4n) is 3.06. The van der Waals surface area contributed by atoms with E-state index in [1.165, 1.54) is 5.56 Å². The van der Waals surface area contributed by atoms with E-state index in [1.807, 2.05) is 48.2 Å². The molecule has 2 aromatic rings. The maximum absolute atomic E-state index is 12.5. The Morgan fingerprint density at radius 2 is 1.96 bits per heavy atom. The minimum absolute atomic E-state index is 0.0312. The second-order valence-corrected chi connectivity index (χ2v) is 7.44. The highest BCUT2D eigenvalue weighted by Crippen LogP contribution is 2.42. The Morgan fingerprint density at radius 1 is 1.19 bits per heavy atom. The molecule has 0 aliphatic carbocycles. The van der Waals surface area contributed by atoms with Gasteiger partial charge in [0.15, 0.2) is 0 Å². The van der Waals surface area contributed by atoms with Crippen LogP contribution in [0.4, 0.5) is 11.4 Å². The van der Waals surface area contributed by atoms with Crippen molar-refractivity contribution >= 4 is 35.0 Å². The first-order valence-corrected chi connectivity index (χ1v) is 10.1. The molecule has 1 aliphatic rings. The molecule has 1 heterocycles. The highest BCUT2D eigenvalue weighted by atomic mass is 32.2. The van der Waals surface area contributed by atoms with E-state index >= 15 is 0 Å². The van der Waals surface area contributed by atoms with E-state index in [1.54, 1.807) is 11.8 Å². The van der Waals surface area contributed by atoms with Crippen LogP contribution in [0.25, 0.3) is 0 Å². The van der Waals surface area contributed by atoms with E-state index in [4.69, 9.17) is 0 Å². The first kappa shape index (κ1) is 18.5. The third-order valence-corrected chi connectivity index (χ3v) is 5.63. The average molecular weight is 369 g/mol. The lowest BCUT2D eigenvalue weighted by Crippen LogP contribution is -2.27. The number of nitrogens with zero attached hydrogens (tertiary/aromatic N) is 1. The molecule has 0 spiro atoms. The summed E-state index contributed by atoms with van der Waals surface area (Å²) in [6, 6.07) is 16.0. The summed E-state index contributed by atoms with van der Waals surface area (Å²) >= 11 is 1.64. The lowest BCUT2D eigenvalue weighted by Gasteiger charge is -2.25. The van der Waals surface area contributed by atoms with Crippen LogP contribution in [0, 0.1) is 0 Å². The summed E-state index contributed by atoms with van der Waals surface area (Å²) < 4.78 is 0. The van der Waals surface area contributed by atoms with Gasteiger partial charge in [0.1, 0.15) is 5.37 Å². The summed E-state index contributed by atoms with van der Waals surface area (Å²) in [6.07, 6.45) is 2.30. The molecule has 0 aromatic heterocycles. The molecule has 2 aromatic carbocycles. The second kappa shape index (κ2) is 8.41. The lowest BCUT2D eigenvalue weighted by molar-refractivity contribution is -0.116. The first-order chi connectivity index (χ1) is 12.6. The van der Waals surface area contributed by atoms with E-state index < -0.39 is 0 Å². The molecule has 1 N–H and O–H groups in total. The van der Waals surface area contributed by atoms with Crippen LogP contribution in [-0.2, 0) is 16.0 Å². The summed E-state index contributed by atoms with van der Waals surface area (Å²) in [5, 5.41) is 2.87. The van der Waals surface area contributed by atoms with Crippen molar-refractivity contribution in [2.24, 2.45) is 0 Å². The van der Waals surface area contributed by atoms with Gasteiger partial charge in [0.2, 0.25) is 11.8 Å². The Hall–Kier alpha value is -2.27. The number of hydrogen-bond donors (Lipinski definition) is 1. The third kappa shape index (κ3) is 4.10. The van der Waals surface area contributed by atoms with Crippen LogP contribution in [0.15, 0.2) is 48.5 Å². The molecule has 0 saturated carbocycles. The van der Waals surface area contributed by atoms with Gasteiger partial charge in [-0.25, -0.2) is 0 Å². The first-order valence-electron chi connectivity index (χ1n) is 9.04. The fraction of sp³-hybridized carbons (Fsp3) is 0.333. The largest absolute Gasteiger partial charge is 0.326 e. The Balaban J connectivity index is 1.80. The van der Waals surface area contributed by atoms with Crippen LogP contribution in [0.1, 0.15) is 43.2 Å². The van der Waals surface area contributed by atoms with Crippen molar-refractivity contribution in [1.82, 2.24) is 0 Å².